The summed E-state index contributed by atoms with van der Waals surface area (Å²) in [5, 5.41) is 0. The zero-order chi connectivity index (χ0) is 14.0. The lowest BCUT2D eigenvalue weighted by Gasteiger charge is -2.29. The van der Waals surface area contributed by atoms with Crippen LogP contribution in [0.4, 0.5) is 0 Å². The van der Waals surface area contributed by atoms with E-state index in [-0.39, 0.29) is 18.4 Å². The zero-order valence-electron chi connectivity index (χ0n) is 11.6. The first-order valence-electron chi connectivity index (χ1n) is 6.46. The minimum atomic E-state index is -0.520. The second kappa shape index (κ2) is 5.03. The fourth-order valence-corrected chi connectivity index (χ4v) is 2.15. The average Bonchev–Trinajstić information content (AvgIpc) is 2.31. The van der Waals surface area contributed by atoms with Gasteiger partial charge < -0.3 is 9.64 Å². The Morgan fingerprint density at radius 1 is 1.32 bits per heavy atom. The van der Waals surface area contributed by atoms with Crippen LogP contribution in [-0.2, 0) is 16.0 Å². The van der Waals surface area contributed by atoms with E-state index < -0.39 is 5.60 Å². The van der Waals surface area contributed by atoms with Crippen molar-refractivity contribution in [3.8, 4) is 0 Å². The van der Waals surface area contributed by atoms with Crippen LogP contribution < -0.4 is 0 Å². The molecule has 19 heavy (non-hydrogen) atoms. The van der Waals surface area contributed by atoms with Crippen molar-refractivity contribution in [2.24, 2.45) is 0 Å². The van der Waals surface area contributed by atoms with E-state index >= 15 is 0 Å². The van der Waals surface area contributed by atoms with E-state index in [9.17, 15) is 9.59 Å². The Labute approximate surface area is 113 Å². The SMILES string of the molecule is CC(C)(C)OC(=O)CN1CCc2ccccc2C1=O. The maximum Gasteiger partial charge on any atom is 0.326 e. The molecule has 0 N–H and O–H groups in total. The third kappa shape index (κ3) is 3.34. The van der Waals surface area contributed by atoms with Crippen molar-refractivity contribution in [1.29, 1.82) is 0 Å². The summed E-state index contributed by atoms with van der Waals surface area (Å²) in [6.07, 6.45) is 0.782. The number of fused-ring (bicyclic) bond motifs is 1. The molecule has 1 aliphatic heterocycles. The predicted molar refractivity (Wildman–Crippen MR) is 71.9 cm³/mol. The van der Waals surface area contributed by atoms with Gasteiger partial charge in [-0.05, 0) is 38.8 Å². The van der Waals surface area contributed by atoms with Gasteiger partial charge in [0.15, 0.2) is 0 Å². The van der Waals surface area contributed by atoms with Crippen LogP contribution in [0.2, 0.25) is 0 Å². The molecule has 0 fully saturated rings. The number of amides is 1. The quantitative estimate of drug-likeness (QED) is 0.765. The highest BCUT2D eigenvalue weighted by Crippen LogP contribution is 2.18. The van der Waals surface area contributed by atoms with Gasteiger partial charge in [0.25, 0.3) is 5.91 Å². The van der Waals surface area contributed by atoms with Crippen molar-refractivity contribution in [2.75, 3.05) is 13.1 Å². The van der Waals surface area contributed by atoms with E-state index in [2.05, 4.69) is 0 Å². The summed E-state index contributed by atoms with van der Waals surface area (Å²) in [6, 6.07) is 7.53. The van der Waals surface area contributed by atoms with Gasteiger partial charge in [-0.15, -0.1) is 0 Å². The van der Waals surface area contributed by atoms with Gasteiger partial charge in [-0.3, -0.25) is 9.59 Å². The van der Waals surface area contributed by atoms with Gasteiger partial charge in [0.1, 0.15) is 12.1 Å². The van der Waals surface area contributed by atoms with Gasteiger partial charge in [0.05, 0.1) is 0 Å². The third-order valence-electron chi connectivity index (χ3n) is 2.93. The normalized spacial score (nSPS) is 15.1. The summed E-state index contributed by atoms with van der Waals surface area (Å²) >= 11 is 0. The number of rotatable bonds is 2. The van der Waals surface area contributed by atoms with Gasteiger partial charge in [-0.2, -0.15) is 0 Å². The monoisotopic (exact) mass is 261 g/mol. The highest BCUT2D eigenvalue weighted by atomic mass is 16.6. The summed E-state index contributed by atoms with van der Waals surface area (Å²) in [5.41, 5.74) is 1.22. The molecule has 0 radical (unpaired) electrons. The summed E-state index contributed by atoms with van der Waals surface area (Å²) < 4.78 is 5.24. The van der Waals surface area contributed by atoms with Crippen molar-refractivity contribution in [3.63, 3.8) is 0 Å². The summed E-state index contributed by atoms with van der Waals surface area (Å²) in [7, 11) is 0. The molecule has 0 aromatic heterocycles. The van der Waals surface area contributed by atoms with E-state index in [0.717, 1.165) is 12.0 Å². The molecule has 0 spiro atoms. The van der Waals surface area contributed by atoms with E-state index in [1.54, 1.807) is 11.0 Å². The maximum atomic E-state index is 12.2. The maximum absolute atomic E-state index is 12.2. The molecule has 1 aliphatic rings. The van der Waals surface area contributed by atoms with E-state index in [1.165, 1.54) is 0 Å². The van der Waals surface area contributed by atoms with Gasteiger partial charge in [-0.1, -0.05) is 18.2 Å². The first-order valence-corrected chi connectivity index (χ1v) is 6.46. The fraction of sp³-hybridized carbons (Fsp3) is 0.467. The molecule has 102 valence electrons. The number of ether oxygens (including phenoxy) is 1. The largest absolute Gasteiger partial charge is 0.459 e. The average molecular weight is 261 g/mol. The van der Waals surface area contributed by atoms with Crippen LogP contribution in [0.1, 0.15) is 36.7 Å². The Balaban J connectivity index is 2.05. The van der Waals surface area contributed by atoms with Gasteiger partial charge in [0.2, 0.25) is 0 Å². The summed E-state index contributed by atoms with van der Waals surface area (Å²) in [6.45, 7) is 6.04. The molecule has 0 bridgehead atoms. The molecule has 0 aliphatic carbocycles. The van der Waals surface area contributed by atoms with Crippen LogP contribution in [0.5, 0.6) is 0 Å². The lowest BCUT2D eigenvalue weighted by atomic mass is 9.99. The van der Waals surface area contributed by atoms with Crippen molar-refractivity contribution in [1.82, 2.24) is 4.90 Å². The number of nitrogens with zero attached hydrogens (tertiary/aromatic N) is 1. The van der Waals surface area contributed by atoms with Crippen molar-refractivity contribution in [2.45, 2.75) is 32.8 Å². The molecule has 2 rings (SSSR count). The summed E-state index contributed by atoms with van der Waals surface area (Å²) in [5.74, 6) is -0.451. The number of esters is 1. The lowest BCUT2D eigenvalue weighted by Crippen LogP contribution is -2.42. The Bertz CT molecular complexity index is 502. The van der Waals surface area contributed by atoms with E-state index in [1.807, 2.05) is 39.0 Å². The van der Waals surface area contributed by atoms with Crippen LogP contribution in [0.3, 0.4) is 0 Å². The third-order valence-corrected chi connectivity index (χ3v) is 2.93. The minimum absolute atomic E-state index is 0.0183. The first-order chi connectivity index (χ1) is 8.87. The number of hydrogen-bond donors (Lipinski definition) is 0. The molecular formula is C15H19NO3. The molecule has 0 saturated heterocycles. The lowest BCUT2D eigenvalue weighted by molar-refractivity contribution is -0.155. The van der Waals surface area contributed by atoms with Gasteiger partial charge in [0, 0.05) is 12.1 Å². The molecule has 1 amide bonds. The second-order valence-electron chi connectivity index (χ2n) is 5.72. The highest BCUT2D eigenvalue weighted by Gasteiger charge is 2.27. The number of hydrogen-bond acceptors (Lipinski definition) is 3. The highest BCUT2D eigenvalue weighted by molar-refractivity contribution is 5.98. The van der Waals surface area contributed by atoms with Crippen LogP contribution in [0.25, 0.3) is 0 Å². The van der Waals surface area contributed by atoms with E-state index in [0.29, 0.717) is 12.1 Å². The predicted octanol–water partition coefficient (Wildman–Crippen LogP) is 2.03. The molecule has 1 aromatic carbocycles. The van der Waals surface area contributed by atoms with Gasteiger partial charge in [-0.25, -0.2) is 0 Å². The van der Waals surface area contributed by atoms with Crippen LogP contribution in [-0.4, -0.2) is 35.5 Å². The first kappa shape index (κ1) is 13.6. The Morgan fingerprint density at radius 2 is 2.00 bits per heavy atom. The molecule has 1 aromatic rings. The van der Waals surface area contributed by atoms with Crippen molar-refractivity contribution in [3.05, 3.63) is 35.4 Å². The molecule has 0 atom stereocenters. The standard InChI is InChI=1S/C15H19NO3/c1-15(2,3)19-13(17)10-16-9-8-11-6-4-5-7-12(11)14(16)18/h4-7H,8-10H2,1-3H3. The zero-order valence-corrected chi connectivity index (χ0v) is 11.6. The number of carbonyl (C=O) groups excluding carboxylic acids is 2. The Kier molecular flexibility index (Phi) is 3.60. The smallest absolute Gasteiger partial charge is 0.326 e. The van der Waals surface area contributed by atoms with Crippen LogP contribution in [0, 0.1) is 0 Å². The van der Waals surface area contributed by atoms with Gasteiger partial charge >= 0.3 is 5.97 Å². The van der Waals surface area contributed by atoms with Crippen LogP contribution in [0.15, 0.2) is 24.3 Å². The minimum Gasteiger partial charge on any atom is -0.459 e. The Hall–Kier alpha value is -1.84. The number of carbonyl (C=O) groups is 2. The molecule has 1 heterocycles. The molecule has 0 saturated carbocycles. The molecule has 0 unspecified atom stereocenters. The Morgan fingerprint density at radius 3 is 2.68 bits per heavy atom. The summed E-state index contributed by atoms with van der Waals surface area (Å²) in [4.78, 5) is 25.6. The van der Waals surface area contributed by atoms with E-state index in [4.69, 9.17) is 4.74 Å². The molecule has 4 nitrogen and oxygen atoms in total. The topological polar surface area (TPSA) is 46.6 Å². The number of benzene rings is 1. The second-order valence-corrected chi connectivity index (χ2v) is 5.72. The van der Waals surface area contributed by atoms with Crippen molar-refractivity contribution >= 4 is 11.9 Å². The fourth-order valence-electron chi connectivity index (χ4n) is 2.15. The van der Waals surface area contributed by atoms with Crippen LogP contribution >= 0.6 is 0 Å². The van der Waals surface area contributed by atoms with Crippen molar-refractivity contribution < 1.29 is 14.3 Å². The molecular weight excluding hydrogens is 242 g/mol. The molecule has 4 heteroatoms.